The summed E-state index contributed by atoms with van der Waals surface area (Å²) in [6, 6.07) is 8.45. The smallest absolute Gasteiger partial charge is 0.375 e. The quantitative estimate of drug-likeness (QED) is 0.275. The largest absolute Gasteiger partial charge is 2.00 e. The molecule has 0 bridgehead atoms. The number of hydrogen-bond donors (Lipinski definition) is 3. The molecule has 140 valence electrons. The molecule has 0 aliphatic carbocycles. The molecule has 0 saturated carbocycles. The van der Waals surface area contributed by atoms with Crippen LogP contribution in [0.15, 0.2) is 30.3 Å². The number of rotatable bonds is 5. The Hall–Kier alpha value is -0.688. The summed E-state index contributed by atoms with van der Waals surface area (Å²) >= 11 is 5.67. The van der Waals surface area contributed by atoms with Crippen molar-refractivity contribution in [1.82, 2.24) is 15.8 Å². The van der Waals surface area contributed by atoms with Crippen LogP contribution >= 0.6 is 11.6 Å². The Balaban J connectivity index is 0.00000312. The third kappa shape index (κ3) is 5.41. The Morgan fingerprint density at radius 1 is 1.27 bits per heavy atom. The van der Waals surface area contributed by atoms with E-state index < -0.39 is 29.8 Å². The molecular weight excluding hydrogens is 600 g/mol. The van der Waals surface area contributed by atoms with Gasteiger partial charge in [-0.15, -0.1) is 12.1 Å². The van der Waals surface area contributed by atoms with Gasteiger partial charge in [-0.2, -0.15) is 25.3 Å². The van der Waals surface area contributed by atoms with Gasteiger partial charge in [-0.1, -0.05) is 23.2 Å². The van der Waals surface area contributed by atoms with Crippen molar-refractivity contribution in [3.63, 3.8) is 0 Å². The van der Waals surface area contributed by atoms with Gasteiger partial charge < -0.3 is 12.5 Å². The zero-order chi connectivity index (χ0) is 18.0. The monoisotopic (exact) mass is 615 g/mol. The van der Waals surface area contributed by atoms with E-state index in [2.05, 4.69) is 21.9 Å². The van der Waals surface area contributed by atoms with Crippen molar-refractivity contribution in [3.8, 4) is 11.3 Å². The Labute approximate surface area is 177 Å². The van der Waals surface area contributed by atoms with Gasteiger partial charge in [0.1, 0.15) is 5.82 Å². The van der Waals surface area contributed by atoms with Crippen molar-refractivity contribution in [3.05, 3.63) is 60.4 Å². The molecule has 10 heteroatoms. The van der Waals surface area contributed by atoms with Gasteiger partial charge in [-0.05, 0) is 18.8 Å². The van der Waals surface area contributed by atoms with E-state index in [0.717, 1.165) is 12.1 Å². The summed E-state index contributed by atoms with van der Waals surface area (Å²) in [5, 5.41) is 9.93. The van der Waals surface area contributed by atoms with Crippen LogP contribution in [0.3, 0.4) is 0 Å². The van der Waals surface area contributed by atoms with Crippen LogP contribution in [0, 0.1) is 50.4 Å². The van der Waals surface area contributed by atoms with Crippen LogP contribution in [0.5, 0.6) is 0 Å². The first kappa shape index (κ1) is 25.3. The van der Waals surface area contributed by atoms with Crippen molar-refractivity contribution in [1.29, 1.82) is 0 Å². The second kappa shape index (κ2) is 10.0. The minimum absolute atomic E-state index is 0. The first-order valence-corrected chi connectivity index (χ1v) is 7.10. The van der Waals surface area contributed by atoms with Crippen LogP contribution in [0.4, 0.5) is 17.6 Å². The summed E-state index contributed by atoms with van der Waals surface area (Å²) in [5.74, 6) is -0.665. The minimum Gasteiger partial charge on any atom is -0.375 e. The van der Waals surface area contributed by atoms with Crippen LogP contribution in [0.2, 0.25) is 5.02 Å². The van der Waals surface area contributed by atoms with E-state index in [4.69, 9.17) is 11.6 Å². The van der Waals surface area contributed by atoms with Gasteiger partial charge in [-0.25, -0.2) is 4.39 Å². The van der Waals surface area contributed by atoms with Gasteiger partial charge >= 0.3 is 37.3 Å². The fraction of sp³-hybridized carbons (Fsp3) is 0.250. The average Bonchev–Trinajstić information content (AvgIpc) is 2.54. The molecule has 26 heavy (non-hydrogen) atoms. The molecule has 1 atom stereocenters. The Morgan fingerprint density at radius 3 is 2.46 bits per heavy atom. The van der Waals surface area contributed by atoms with E-state index in [1.54, 1.807) is 0 Å². The maximum absolute atomic E-state index is 13.3. The van der Waals surface area contributed by atoms with E-state index in [-0.39, 0.29) is 54.8 Å². The predicted octanol–water partition coefficient (Wildman–Crippen LogP) is 3.27. The van der Waals surface area contributed by atoms with Crippen molar-refractivity contribution in [2.45, 2.75) is 11.8 Å². The summed E-state index contributed by atoms with van der Waals surface area (Å²) in [7, 11) is 1.37. The zero-order valence-electron chi connectivity index (χ0n) is 13.9. The number of nitrogens with zero attached hydrogens (tertiary/aromatic N) is 1. The molecule has 1 aromatic carbocycles. The maximum atomic E-state index is 13.3. The average molecular weight is 616 g/mol. The summed E-state index contributed by atoms with van der Waals surface area (Å²) in [6.45, 7) is -0.854. The second-order valence-corrected chi connectivity index (χ2v) is 5.32. The molecule has 0 saturated heterocycles. The van der Waals surface area contributed by atoms with E-state index in [1.807, 2.05) is 0 Å². The number of aliphatic hydroxyl groups is 1. The molecule has 1 heterocycles. The fourth-order valence-electron chi connectivity index (χ4n) is 1.96. The Bertz CT molecular complexity index is 733. The van der Waals surface area contributed by atoms with Crippen LogP contribution in [-0.4, -0.2) is 29.9 Å². The third-order valence-corrected chi connectivity index (χ3v) is 3.59. The number of aromatic nitrogens is 1. The third-order valence-electron chi connectivity index (χ3n) is 3.30. The van der Waals surface area contributed by atoms with Crippen LogP contribution in [0.25, 0.3) is 11.3 Å². The van der Waals surface area contributed by atoms with Gasteiger partial charge in [0, 0.05) is 5.69 Å². The molecule has 0 amide bonds. The predicted molar refractivity (Wildman–Crippen MR) is 86.9 cm³/mol. The molecule has 0 spiro atoms. The van der Waals surface area contributed by atoms with E-state index in [0.29, 0.717) is 0 Å². The SMILES string of the molecule is CNNCC(O)(c1cc[c-]c(-c2ccc(F)c(Cl)c2)n1)C(F)(F)F.[CH3-].[U+2]. The molecule has 2 rings (SSSR count). The number of hydrazine groups is 1. The number of benzene rings is 1. The Kier molecular flexibility index (Phi) is 9.76. The summed E-state index contributed by atoms with van der Waals surface area (Å²) in [5.41, 5.74) is 0.986. The standard InChI is InChI=1S/C15H13ClF4N3O.CH3.U/c1-21-22-8-14(24,15(18,19)20)13-4-2-3-12(23-13)9-5-6-11(17)10(16)7-9;;/h2,4-7,21-22,24H,8H2,1H3;1H3;/q2*-1;+2. The number of pyridine rings is 1. The van der Waals surface area contributed by atoms with Crippen molar-refractivity contribution < 1.29 is 53.8 Å². The number of alkyl halides is 3. The van der Waals surface area contributed by atoms with E-state index in [9.17, 15) is 22.7 Å². The van der Waals surface area contributed by atoms with Gasteiger partial charge in [-0.3, -0.25) is 15.8 Å². The normalized spacial score (nSPS) is 13.3. The second-order valence-electron chi connectivity index (χ2n) is 4.91. The number of halogens is 5. The molecule has 2 aromatic rings. The molecule has 4 nitrogen and oxygen atoms in total. The zero-order valence-corrected chi connectivity index (χ0v) is 18.8. The number of hydrogen-bond acceptors (Lipinski definition) is 4. The Morgan fingerprint density at radius 2 is 1.92 bits per heavy atom. The number of nitrogens with one attached hydrogen (secondary N) is 2. The van der Waals surface area contributed by atoms with Gasteiger partial charge in [0.15, 0.2) is 0 Å². The summed E-state index contributed by atoms with van der Waals surface area (Å²) in [4.78, 5) is 3.83. The van der Waals surface area contributed by atoms with Crippen LogP contribution < -0.4 is 10.9 Å². The van der Waals surface area contributed by atoms with Crippen LogP contribution in [0.1, 0.15) is 5.69 Å². The summed E-state index contributed by atoms with van der Waals surface area (Å²) < 4.78 is 53.2. The topological polar surface area (TPSA) is 57.2 Å². The van der Waals surface area contributed by atoms with Crippen molar-refractivity contribution in [2.75, 3.05) is 13.6 Å². The van der Waals surface area contributed by atoms with E-state index >= 15 is 0 Å². The molecule has 0 aliphatic rings. The molecule has 0 radical (unpaired) electrons. The molecule has 1 unspecified atom stereocenters. The maximum Gasteiger partial charge on any atom is 2.00 e. The fourth-order valence-corrected chi connectivity index (χ4v) is 2.14. The van der Waals surface area contributed by atoms with Crippen molar-refractivity contribution in [2.24, 2.45) is 0 Å². The first-order valence-electron chi connectivity index (χ1n) is 6.72. The van der Waals surface area contributed by atoms with Gasteiger partial charge in [0.2, 0.25) is 5.60 Å². The molecule has 1 aromatic heterocycles. The molecular formula is C16H16ClF4N3OU. The van der Waals surface area contributed by atoms with Crippen LogP contribution in [-0.2, 0) is 5.60 Å². The first-order chi connectivity index (χ1) is 11.2. The van der Waals surface area contributed by atoms with Gasteiger partial charge in [0.25, 0.3) is 0 Å². The molecule has 0 aliphatic heterocycles. The van der Waals surface area contributed by atoms with E-state index in [1.165, 1.54) is 25.2 Å². The molecule has 0 fully saturated rings. The van der Waals surface area contributed by atoms with Crippen molar-refractivity contribution >= 4 is 11.6 Å². The summed E-state index contributed by atoms with van der Waals surface area (Å²) in [6.07, 6.45) is -4.97. The molecule has 3 N–H and O–H groups in total. The minimum atomic E-state index is -4.97. The van der Waals surface area contributed by atoms with Gasteiger partial charge in [0.05, 0.1) is 11.6 Å².